The molecule has 0 radical (unpaired) electrons. The maximum Gasteiger partial charge on any atom is 0.0741 e. The third kappa shape index (κ3) is 2.45. The third-order valence-corrected chi connectivity index (χ3v) is 4.36. The lowest BCUT2D eigenvalue weighted by Crippen LogP contribution is -2.29. The Morgan fingerprint density at radius 1 is 1.24 bits per heavy atom. The van der Waals surface area contributed by atoms with Crippen LogP contribution in [0, 0.1) is 5.92 Å². The van der Waals surface area contributed by atoms with Gasteiger partial charge in [0.1, 0.15) is 0 Å². The van der Waals surface area contributed by atoms with E-state index in [9.17, 15) is 0 Å². The number of hydrogen-bond donors (Lipinski definition) is 2. The zero-order valence-electron chi connectivity index (χ0n) is 11.9. The van der Waals surface area contributed by atoms with Gasteiger partial charge in [0.25, 0.3) is 0 Å². The highest BCUT2D eigenvalue weighted by Crippen LogP contribution is 2.24. The van der Waals surface area contributed by atoms with E-state index in [-0.39, 0.29) is 0 Å². The second-order valence-electron chi connectivity index (χ2n) is 5.78. The first kappa shape index (κ1) is 12.6. The van der Waals surface area contributed by atoms with Gasteiger partial charge >= 0.3 is 0 Å². The van der Waals surface area contributed by atoms with Gasteiger partial charge in [0, 0.05) is 29.9 Å². The Kier molecular flexibility index (Phi) is 3.20. The van der Waals surface area contributed by atoms with Crippen LogP contribution in [0.5, 0.6) is 0 Å². The molecule has 108 valence electrons. The van der Waals surface area contributed by atoms with Crippen LogP contribution in [-0.2, 0) is 6.54 Å². The van der Waals surface area contributed by atoms with Gasteiger partial charge in [-0.3, -0.25) is 10.1 Å². The quantitative estimate of drug-likeness (QED) is 0.775. The van der Waals surface area contributed by atoms with E-state index >= 15 is 0 Å². The van der Waals surface area contributed by atoms with E-state index in [0.29, 0.717) is 0 Å². The number of fused-ring (bicyclic) bond motifs is 1. The topological polar surface area (TPSA) is 58.5 Å². The fraction of sp³-hybridized carbons (Fsp3) is 0.375. The fourth-order valence-corrected chi connectivity index (χ4v) is 3.14. The number of pyridine rings is 1. The number of piperidine rings is 1. The summed E-state index contributed by atoms with van der Waals surface area (Å²) in [5.74, 6) is 0.774. The standard InChI is InChI=1S/C16H19N5/c1-4-17-5-2-12(1)11-21-6-3-13-7-15(18-10-16(13)21)14-8-19-20-9-14/h3,6-10,12,17H,1-2,4-5,11H2,(H,19,20). The molecule has 4 rings (SSSR count). The molecule has 2 N–H and O–H groups in total. The molecule has 0 saturated carbocycles. The summed E-state index contributed by atoms with van der Waals surface area (Å²) in [6.07, 6.45) is 10.4. The molecule has 3 aromatic rings. The lowest BCUT2D eigenvalue weighted by Gasteiger charge is -2.23. The molecule has 5 nitrogen and oxygen atoms in total. The molecule has 0 aromatic carbocycles. The summed E-state index contributed by atoms with van der Waals surface area (Å²) < 4.78 is 2.34. The summed E-state index contributed by atoms with van der Waals surface area (Å²) in [6, 6.07) is 4.32. The van der Waals surface area contributed by atoms with Crippen LogP contribution in [0.2, 0.25) is 0 Å². The van der Waals surface area contributed by atoms with Crippen LogP contribution in [0.15, 0.2) is 36.9 Å². The van der Waals surface area contributed by atoms with Gasteiger partial charge in [-0.15, -0.1) is 0 Å². The van der Waals surface area contributed by atoms with Crippen LogP contribution in [0.3, 0.4) is 0 Å². The maximum absolute atomic E-state index is 4.58. The molecule has 4 heterocycles. The van der Waals surface area contributed by atoms with Crippen LogP contribution >= 0.6 is 0 Å². The fourth-order valence-electron chi connectivity index (χ4n) is 3.14. The first-order valence-corrected chi connectivity index (χ1v) is 7.55. The summed E-state index contributed by atoms with van der Waals surface area (Å²) >= 11 is 0. The minimum absolute atomic E-state index is 0.774. The van der Waals surface area contributed by atoms with Gasteiger partial charge in [0.15, 0.2) is 0 Å². The monoisotopic (exact) mass is 281 g/mol. The molecule has 1 saturated heterocycles. The van der Waals surface area contributed by atoms with Gasteiger partial charge in [0.2, 0.25) is 0 Å². The molecule has 0 amide bonds. The number of aromatic nitrogens is 4. The number of nitrogens with one attached hydrogen (secondary N) is 2. The average Bonchev–Trinajstić information content (AvgIpc) is 3.18. The van der Waals surface area contributed by atoms with Gasteiger partial charge in [-0.2, -0.15) is 5.10 Å². The summed E-state index contributed by atoms with van der Waals surface area (Å²) in [6.45, 7) is 3.39. The number of H-pyrrole nitrogens is 1. The Labute approximate surface area is 123 Å². The van der Waals surface area contributed by atoms with E-state index in [4.69, 9.17) is 0 Å². The minimum atomic E-state index is 0.774. The highest BCUT2D eigenvalue weighted by molar-refractivity contribution is 5.83. The Morgan fingerprint density at radius 3 is 2.95 bits per heavy atom. The van der Waals surface area contributed by atoms with Gasteiger partial charge in [-0.05, 0) is 44.0 Å². The van der Waals surface area contributed by atoms with Crippen molar-refractivity contribution in [1.29, 1.82) is 0 Å². The summed E-state index contributed by atoms with van der Waals surface area (Å²) in [5.41, 5.74) is 3.22. The van der Waals surface area contributed by atoms with E-state index in [2.05, 4.69) is 43.4 Å². The van der Waals surface area contributed by atoms with Crippen LogP contribution in [0.1, 0.15) is 12.8 Å². The molecular formula is C16H19N5. The Hall–Kier alpha value is -2.14. The minimum Gasteiger partial charge on any atom is -0.346 e. The molecule has 0 bridgehead atoms. The van der Waals surface area contributed by atoms with E-state index in [1.54, 1.807) is 6.20 Å². The predicted octanol–water partition coefficient (Wildman–Crippen LogP) is 2.43. The van der Waals surface area contributed by atoms with Crippen molar-refractivity contribution in [3.63, 3.8) is 0 Å². The van der Waals surface area contributed by atoms with Crippen molar-refractivity contribution in [2.45, 2.75) is 19.4 Å². The molecule has 0 spiro atoms. The molecule has 3 aromatic heterocycles. The number of hydrogen-bond acceptors (Lipinski definition) is 3. The second-order valence-corrected chi connectivity index (χ2v) is 5.78. The molecule has 1 aliphatic heterocycles. The Balaban J connectivity index is 1.62. The molecule has 0 unspecified atom stereocenters. The van der Waals surface area contributed by atoms with E-state index < -0.39 is 0 Å². The zero-order valence-corrected chi connectivity index (χ0v) is 11.9. The highest BCUT2D eigenvalue weighted by Gasteiger charge is 2.14. The first-order valence-electron chi connectivity index (χ1n) is 7.55. The number of nitrogens with zero attached hydrogens (tertiary/aromatic N) is 3. The van der Waals surface area contributed by atoms with Gasteiger partial charge in [-0.1, -0.05) is 0 Å². The normalized spacial score (nSPS) is 16.6. The van der Waals surface area contributed by atoms with Crippen LogP contribution in [-0.4, -0.2) is 32.8 Å². The highest BCUT2D eigenvalue weighted by atomic mass is 15.1. The average molecular weight is 281 g/mol. The summed E-state index contributed by atoms with van der Waals surface area (Å²) in [4.78, 5) is 4.58. The molecule has 21 heavy (non-hydrogen) atoms. The van der Waals surface area contributed by atoms with E-state index in [1.165, 1.54) is 23.7 Å². The molecule has 1 aliphatic rings. The van der Waals surface area contributed by atoms with Crippen molar-refractivity contribution in [3.8, 4) is 11.3 Å². The van der Waals surface area contributed by atoms with Crippen LogP contribution in [0.4, 0.5) is 0 Å². The summed E-state index contributed by atoms with van der Waals surface area (Å²) in [7, 11) is 0. The predicted molar refractivity (Wildman–Crippen MR) is 82.9 cm³/mol. The second kappa shape index (κ2) is 5.33. The van der Waals surface area contributed by atoms with Gasteiger partial charge in [0.05, 0.1) is 23.6 Å². The van der Waals surface area contributed by atoms with Crippen molar-refractivity contribution in [2.24, 2.45) is 5.92 Å². The largest absolute Gasteiger partial charge is 0.346 e. The number of aromatic amines is 1. The SMILES string of the molecule is c1n[nH]cc1-c1cc2ccn(CC3CCNCC3)c2cn1. The molecule has 1 fully saturated rings. The Bertz CT molecular complexity index is 722. The smallest absolute Gasteiger partial charge is 0.0741 e. The van der Waals surface area contributed by atoms with Crippen LogP contribution in [0.25, 0.3) is 22.2 Å². The maximum atomic E-state index is 4.58. The van der Waals surface area contributed by atoms with E-state index in [1.807, 2.05) is 12.4 Å². The van der Waals surface area contributed by atoms with Gasteiger partial charge in [-0.25, -0.2) is 0 Å². The van der Waals surface area contributed by atoms with Crippen molar-refractivity contribution in [2.75, 3.05) is 13.1 Å². The molecule has 0 atom stereocenters. The third-order valence-electron chi connectivity index (χ3n) is 4.36. The molecule has 0 aliphatic carbocycles. The summed E-state index contributed by atoms with van der Waals surface area (Å²) in [5, 5.41) is 11.5. The van der Waals surface area contributed by atoms with E-state index in [0.717, 1.165) is 36.8 Å². The van der Waals surface area contributed by atoms with Crippen molar-refractivity contribution in [3.05, 3.63) is 36.9 Å². The lowest BCUT2D eigenvalue weighted by atomic mass is 9.98. The zero-order chi connectivity index (χ0) is 14.1. The van der Waals surface area contributed by atoms with Crippen molar-refractivity contribution >= 4 is 10.9 Å². The van der Waals surface area contributed by atoms with Crippen molar-refractivity contribution in [1.82, 2.24) is 25.1 Å². The number of rotatable bonds is 3. The van der Waals surface area contributed by atoms with Crippen LogP contribution < -0.4 is 5.32 Å². The molecular weight excluding hydrogens is 262 g/mol. The van der Waals surface area contributed by atoms with Gasteiger partial charge < -0.3 is 9.88 Å². The molecule has 5 heteroatoms. The first-order chi connectivity index (χ1) is 10.4. The Morgan fingerprint density at radius 2 is 2.14 bits per heavy atom. The van der Waals surface area contributed by atoms with Crippen molar-refractivity contribution < 1.29 is 0 Å². The lowest BCUT2D eigenvalue weighted by molar-refractivity contribution is 0.337.